The second kappa shape index (κ2) is 17.5. The maximum Gasteiger partial charge on any atom is 0.198 e. The summed E-state index contributed by atoms with van der Waals surface area (Å²) >= 11 is 2.12. The summed E-state index contributed by atoms with van der Waals surface area (Å²) < 4.78 is 17.3. The molecular formula is C62H74FN2SSi+. The van der Waals surface area contributed by atoms with Gasteiger partial charge in [-0.1, -0.05) is 185 Å². The van der Waals surface area contributed by atoms with E-state index >= 15 is 0 Å². The fraction of sp³-hybridized carbons (Fsp3) is 0.435. The number of benzene rings is 4. The number of para-hydroxylation sites is 2. The fourth-order valence-corrected chi connectivity index (χ4v) is 16.9. The van der Waals surface area contributed by atoms with Gasteiger partial charge in [0.25, 0.3) is 0 Å². The summed E-state index contributed by atoms with van der Waals surface area (Å²) in [7, 11) is -1.93. The van der Waals surface area contributed by atoms with E-state index < -0.39 is 8.07 Å². The number of thioether (sulfide) groups is 1. The molecular weight excluding hydrogens is 852 g/mol. The highest BCUT2D eigenvalue weighted by atomic mass is 32.2. The molecule has 6 aliphatic rings. The zero-order valence-electron chi connectivity index (χ0n) is 42.3. The Morgan fingerprint density at radius 3 is 2.10 bits per heavy atom. The first-order valence-electron chi connectivity index (χ1n) is 25.8. The lowest BCUT2D eigenvalue weighted by atomic mass is 9.75. The molecule has 0 N–H and O–H groups in total. The van der Waals surface area contributed by atoms with Crippen LogP contribution < -0.4 is 4.90 Å². The van der Waals surface area contributed by atoms with Crippen molar-refractivity contribution >= 4 is 36.5 Å². The minimum Gasteiger partial charge on any atom is -0.332 e. The van der Waals surface area contributed by atoms with Gasteiger partial charge in [-0.15, -0.1) is 11.8 Å². The van der Waals surface area contributed by atoms with Crippen molar-refractivity contribution in [2.75, 3.05) is 4.90 Å². The Morgan fingerprint density at radius 1 is 0.791 bits per heavy atom. The van der Waals surface area contributed by atoms with Crippen LogP contribution in [-0.2, 0) is 0 Å². The average Bonchev–Trinajstić information content (AvgIpc) is 3.98. The van der Waals surface area contributed by atoms with Crippen LogP contribution in [0.5, 0.6) is 0 Å². The molecule has 0 fully saturated rings. The first kappa shape index (κ1) is 46.3. The second-order valence-corrected chi connectivity index (χ2v) is 29.3. The van der Waals surface area contributed by atoms with E-state index in [1.807, 2.05) is 0 Å². The molecule has 348 valence electrons. The molecule has 4 aliphatic heterocycles. The summed E-state index contributed by atoms with van der Waals surface area (Å²) in [5.41, 5.74) is 17.7. The maximum absolute atomic E-state index is 14.3. The first-order valence-corrected chi connectivity index (χ1v) is 30.1. The van der Waals surface area contributed by atoms with Crippen molar-refractivity contribution in [3.63, 3.8) is 0 Å². The van der Waals surface area contributed by atoms with Crippen LogP contribution in [0.3, 0.4) is 0 Å². The third kappa shape index (κ3) is 7.77. The van der Waals surface area contributed by atoms with Gasteiger partial charge >= 0.3 is 0 Å². The number of hydrogen-bond donors (Lipinski definition) is 0. The second-order valence-electron chi connectivity index (χ2n) is 23.1. The normalized spacial score (nSPS) is 26.4. The molecule has 4 aromatic rings. The van der Waals surface area contributed by atoms with Crippen LogP contribution in [0.1, 0.15) is 180 Å². The summed E-state index contributed by atoms with van der Waals surface area (Å²) in [5.74, 6) is 1.64. The molecule has 5 heteroatoms. The monoisotopic (exact) mass is 926 g/mol. The summed E-state index contributed by atoms with van der Waals surface area (Å²) in [5, 5.41) is 1.93. The van der Waals surface area contributed by atoms with Gasteiger partial charge in [0, 0.05) is 61.9 Å². The molecule has 10 rings (SSSR count). The first-order chi connectivity index (χ1) is 32.0. The van der Waals surface area contributed by atoms with E-state index in [-0.39, 0.29) is 52.4 Å². The number of allylic oxidation sites excluding steroid dienone is 8. The Balaban J connectivity index is 1.27. The number of rotatable bonds is 11. The van der Waals surface area contributed by atoms with Gasteiger partial charge in [-0.25, -0.2) is 8.97 Å². The highest BCUT2D eigenvalue weighted by Gasteiger charge is 2.54. The molecule has 8 unspecified atom stereocenters. The Bertz CT molecular complexity index is 2780. The average molecular weight is 926 g/mol. The van der Waals surface area contributed by atoms with E-state index in [0.717, 1.165) is 19.3 Å². The van der Waals surface area contributed by atoms with Gasteiger partial charge in [0.05, 0.1) is 6.04 Å². The third-order valence-corrected chi connectivity index (χ3v) is 20.0. The highest BCUT2D eigenvalue weighted by Crippen LogP contribution is 2.63. The van der Waals surface area contributed by atoms with Gasteiger partial charge < -0.3 is 4.90 Å². The lowest BCUT2D eigenvalue weighted by Crippen LogP contribution is -2.44. The summed E-state index contributed by atoms with van der Waals surface area (Å²) in [6, 6.07) is 31.7. The largest absolute Gasteiger partial charge is 0.332 e. The molecule has 67 heavy (non-hydrogen) atoms. The predicted octanol–water partition coefficient (Wildman–Crippen LogP) is 17.8. The minimum atomic E-state index is -1.93. The van der Waals surface area contributed by atoms with Gasteiger partial charge in [0.1, 0.15) is 5.83 Å². The molecule has 0 saturated heterocycles. The summed E-state index contributed by atoms with van der Waals surface area (Å²) in [6.45, 7) is 29.7. The lowest BCUT2D eigenvalue weighted by Gasteiger charge is -2.40. The van der Waals surface area contributed by atoms with Crippen LogP contribution in [0.4, 0.5) is 15.8 Å². The molecule has 4 heterocycles. The quantitative estimate of drug-likeness (QED) is 0.109. The van der Waals surface area contributed by atoms with E-state index in [2.05, 4.69) is 212 Å². The van der Waals surface area contributed by atoms with Crippen molar-refractivity contribution in [2.45, 2.75) is 165 Å². The van der Waals surface area contributed by atoms with Crippen LogP contribution >= 0.6 is 11.8 Å². The van der Waals surface area contributed by atoms with Crippen LogP contribution in [0.15, 0.2) is 143 Å². The van der Waals surface area contributed by atoms with Gasteiger partial charge in [-0.2, -0.15) is 0 Å². The van der Waals surface area contributed by atoms with Crippen molar-refractivity contribution in [3.05, 3.63) is 183 Å². The van der Waals surface area contributed by atoms with E-state index in [1.165, 1.54) is 60.8 Å². The van der Waals surface area contributed by atoms with Crippen LogP contribution in [0.25, 0.3) is 0 Å². The molecule has 2 nitrogen and oxygen atoms in total. The minimum absolute atomic E-state index is 0.0893. The molecule has 4 aromatic carbocycles. The zero-order valence-corrected chi connectivity index (χ0v) is 44.1. The SMILES string of the molecule is CCC1c2ccccc2N(c2c(C(C)C)cccc2C(C)C)C1c1c(C2C(C)c3ccccc3C3C=C(CC(C)(C)CC)C([Si](C)(C)C)=[N+]32)ccc2c1SC1C=C(C3C=CC(F)=CC3)C=CC21. The molecule has 8 atom stereocenters. The number of nitrogens with zero attached hydrogens (tertiary/aromatic N) is 2. The van der Waals surface area contributed by atoms with Crippen molar-refractivity contribution in [3.8, 4) is 0 Å². The smallest absolute Gasteiger partial charge is 0.198 e. The highest BCUT2D eigenvalue weighted by molar-refractivity contribution is 8.00. The zero-order chi connectivity index (χ0) is 47.3. The number of hydrogen-bond acceptors (Lipinski definition) is 2. The van der Waals surface area contributed by atoms with Crippen LogP contribution in [-0.4, -0.2) is 23.2 Å². The number of anilines is 2. The molecule has 0 aromatic heterocycles. The van der Waals surface area contributed by atoms with Crippen molar-refractivity contribution in [1.82, 2.24) is 0 Å². The summed E-state index contributed by atoms with van der Waals surface area (Å²) in [6.07, 6.45) is 19.6. The summed E-state index contributed by atoms with van der Waals surface area (Å²) in [4.78, 5) is 4.37. The molecule has 0 radical (unpaired) electrons. The molecule has 0 spiro atoms. The molecule has 0 amide bonds. The Labute approximate surface area is 408 Å². The fourth-order valence-electron chi connectivity index (χ4n) is 13.1. The van der Waals surface area contributed by atoms with E-state index in [0.29, 0.717) is 24.2 Å². The Kier molecular flexibility index (Phi) is 12.1. The Hall–Kier alpha value is -4.45. The Morgan fingerprint density at radius 2 is 1.46 bits per heavy atom. The van der Waals surface area contributed by atoms with Crippen molar-refractivity contribution < 1.29 is 8.97 Å². The van der Waals surface area contributed by atoms with E-state index in [4.69, 9.17) is 0 Å². The molecule has 2 aliphatic carbocycles. The van der Waals surface area contributed by atoms with E-state index in [1.54, 1.807) is 28.6 Å². The van der Waals surface area contributed by atoms with Gasteiger partial charge in [-0.05, 0) is 99.8 Å². The molecule has 0 bridgehead atoms. The standard InChI is InChI=1S/C62H74FN2SSi/c1-13-44-48-21-17-18-25-53(48)64(58-45(37(3)4)23-19-24-46(58)38(5)6)59(44)56-52(33-32-51-50-31-28-41(35-55(50)66-60(51)56)40-26-29-43(63)30-27-40)57-39(7)47-20-15-16-22-49(47)54-34-42(36-62(8,9)14-2)61(65(54)57)67(10,11)12/h15-26,28-35,37-40,44,50,54-55,57,59H,13-14,27,36H2,1-12H3/q+1. The number of fused-ring (bicyclic) bond motifs is 7. The van der Waals surface area contributed by atoms with E-state index in [9.17, 15) is 4.39 Å². The van der Waals surface area contributed by atoms with Crippen LogP contribution in [0, 0.1) is 11.3 Å². The van der Waals surface area contributed by atoms with Crippen molar-refractivity contribution in [1.29, 1.82) is 0 Å². The maximum atomic E-state index is 14.3. The van der Waals surface area contributed by atoms with Gasteiger partial charge in [-0.3, -0.25) is 0 Å². The molecule has 0 saturated carbocycles. The van der Waals surface area contributed by atoms with Gasteiger partial charge in [0.2, 0.25) is 0 Å². The van der Waals surface area contributed by atoms with Gasteiger partial charge in [0.15, 0.2) is 25.5 Å². The van der Waals surface area contributed by atoms with Crippen LogP contribution in [0.2, 0.25) is 19.6 Å². The predicted molar refractivity (Wildman–Crippen MR) is 287 cm³/mol. The third-order valence-electron chi connectivity index (χ3n) is 16.6. The lowest BCUT2D eigenvalue weighted by molar-refractivity contribution is -0.606. The van der Waals surface area contributed by atoms with Crippen molar-refractivity contribution in [2.24, 2.45) is 11.3 Å². The number of halogens is 1. The topological polar surface area (TPSA) is 6.25 Å².